The Bertz CT molecular complexity index is 1530. The number of nitrogens with zero attached hydrogens (tertiary/aromatic N) is 4. The molecule has 5 aromatic rings. The molecule has 1 N–H and O–H groups in total. The highest BCUT2D eigenvalue weighted by Crippen LogP contribution is 2.35. The van der Waals surface area contributed by atoms with Gasteiger partial charge in [0, 0.05) is 42.5 Å². The smallest absolute Gasteiger partial charge is 0.217 e. The summed E-state index contributed by atoms with van der Waals surface area (Å²) in [6.45, 7) is 6.17. The second-order valence-corrected chi connectivity index (χ2v) is 8.55. The van der Waals surface area contributed by atoms with Crippen LogP contribution in [0, 0.1) is 6.92 Å². The number of carbonyl (C=O) groups excluding carboxylic acids is 1. The number of para-hydroxylation sites is 1. The summed E-state index contributed by atoms with van der Waals surface area (Å²) in [5, 5.41) is 9.02. The highest BCUT2D eigenvalue weighted by Gasteiger charge is 2.19. The Labute approximate surface area is 204 Å². The summed E-state index contributed by atoms with van der Waals surface area (Å²) in [4.78, 5) is 20.9. The molecule has 6 nitrogen and oxygen atoms in total. The normalized spacial score (nSPS) is 11.1. The van der Waals surface area contributed by atoms with Crippen LogP contribution in [0.15, 0.2) is 79.1 Å². The topological polar surface area (TPSA) is 72.7 Å². The fraction of sp³-hybridized carbons (Fsp3) is 0.172. The molecular formula is C29H27N5O. The van der Waals surface area contributed by atoms with Crippen molar-refractivity contribution in [3.8, 4) is 28.2 Å². The van der Waals surface area contributed by atoms with Gasteiger partial charge in [-0.2, -0.15) is 5.10 Å². The number of aromatic nitrogens is 4. The molecule has 6 heteroatoms. The van der Waals surface area contributed by atoms with Crippen LogP contribution in [0.25, 0.3) is 39.1 Å². The van der Waals surface area contributed by atoms with E-state index in [0.29, 0.717) is 6.54 Å². The Morgan fingerprint density at radius 1 is 0.971 bits per heavy atom. The molecule has 0 saturated heterocycles. The summed E-state index contributed by atoms with van der Waals surface area (Å²) in [6.07, 6.45) is 4.77. The molecule has 0 bridgehead atoms. The second-order valence-electron chi connectivity index (χ2n) is 8.55. The zero-order valence-corrected chi connectivity index (χ0v) is 20.1. The van der Waals surface area contributed by atoms with Crippen LogP contribution in [0.2, 0.25) is 0 Å². The fourth-order valence-corrected chi connectivity index (χ4v) is 4.35. The quantitative estimate of drug-likeness (QED) is 0.354. The van der Waals surface area contributed by atoms with Crippen molar-refractivity contribution < 1.29 is 4.79 Å². The average molecular weight is 462 g/mol. The predicted molar refractivity (Wildman–Crippen MR) is 139 cm³/mol. The summed E-state index contributed by atoms with van der Waals surface area (Å²) in [5.74, 6) is -0.0510. The van der Waals surface area contributed by atoms with Crippen molar-refractivity contribution in [3.63, 3.8) is 0 Å². The number of aryl methyl sites for hydroxylation is 1. The molecule has 0 aliphatic heterocycles. The van der Waals surface area contributed by atoms with Gasteiger partial charge in [0.05, 0.1) is 16.9 Å². The number of nitrogens with one attached hydrogen (secondary N) is 1. The van der Waals surface area contributed by atoms with E-state index in [1.54, 1.807) is 0 Å². The second kappa shape index (κ2) is 9.50. The van der Waals surface area contributed by atoms with Gasteiger partial charge < -0.3 is 5.32 Å². The SMILES string of the molecule is CCc1cccc(-c2nn(-c3cccc(CNC(C)=O)c3C)cc2-c2ccnc3ccccc23)n1. The maximum absolute atomic E-state index is 11.5. The van der Waals surface area contributed by atoms with E-state index in [1.165, 1.54) is 6.92 Å². The van der Waals surface area contributed by atoms with Crippen LogP contribution < -0.4 is 5.32 Å². The maximum atomic E-state index is 11.5. The van der Waals surface area contributed by atoms with Gasteiger partial charge in [0.2, 0.25) is 5.91 Å². The van der Waals surface area contributed by atoms with Gasteiger partial charge >= 0.3 is 0 Å². The lowest BCUT2D eigenvalue weighted by Gasteiger charge is -2.11. The van der Waals surface area contributed by atoms with E-state index in [2.05, 4.69) is 36.4 Å². The summed E-state index contributed by atoms with van der Waals surface area (Å²) in [5.41, 5.74) is 8.76. The molecule has 0 unspecified atom stereocenters. The van der Waals surface area contributed by atoms with Gasteiger partial charge in [0.15, 0.2) is 0 Å². The number of pyridine rings is 2. The van der Waals surface area contributed by atoms with Gasteiger partial charge in [-0.15, -0.1) is 0 Å². The minimum absolute atomic E-state index is 0.0510. The summed E-state index contributed by atoms with van der Waals surface area (Å²) < 4.78 is 1.92. The number of benzene rings is 2. The number of carbonyl (C=O) groups is 1. The molecule has 0 atom stereocenters. The van der Waals surface area contributed by atoms with Gasteiger partial charge in [0.25, 0.3) is 0 Å². The van der Waals surface area contributed by atoms with Gasteiger partial charge in [0.1, 0.15) is 5.69 Å². The van der Waals surface area contributed by atoms with Crippen molar-refractivity contribution in [2.45, 2.75) is 33.7 Å². The Balaban J connectivity index is 1.71. The van der Waals surface area contributed by atoms with Crippen molar-refractivity contribution in [3.05, 3.63) is 95.9 Å². The first-order valence-electron chi connectivity index (χ1n) is 11.8. The molecule has 0 spiro atoms. The standard InChI is InChI=1S/C29H27N5O/c1-4-22-10-8-13-27(32-22)29-25(23-15-16-30-26-12-6-5-11-24(23)26)18-34(33-29)28-14-7-9-21(19(28)2)17-31-20(3)35/h5-16,18H,4,17H2,1-3H3,(H,31,35). The van der Waals surface area contributed by atoms with Gasteiger partial charge in [-0.25, -0.2) is 4.68 Å². The summed E-state index contributed by atoms with van der Waals surface area (Å²) in [7, 11) is 0. The molecule has 0 aliphatic carbocycles. The van der Waals surface area contributed by atoms with Crippen molar-refractivity contribution in [1.29, 1.82) is 0 Å². The first-order valence-corrected chi connectivity index (χ1v) is 11.8. The van der Waals surface area contributed by atoms with E-state index in [4.69, 9.17) is 10.1 Å². The molecule has 0 radical (unpaired) electrons. The van der Waals surface area contributed by atoms with E-state index in [-0.39, 0.29) is 5.91 Å². The Hall–Kier alpha value is -4.32. The molecule has 3 aromatic heterocycles. The van der Waals surface area contributed by atoms with Crippen LogP contribution in [0.3, 0.4) is 0 Å². The number of fused-ring (bicyclic) bond motifs is 1. The minimum Gasteiger partial charge on any atom is -0.352 e. The highest BCUT2D eigenvalue weighted by molar-refractivity contribution is 5.97. The van der Waals surface area contributed by atoms with Crippen LogP contribution in [-0.2, 0) is 17.8 Å². The lowest BCUT2D eigenvalue weighted by Crippen LogP contribution is -2.19. The first-order chi connectivity index (χ1) is 17.0. The largest absolute Gasteiger partial charge is 0.352 e. The molecule has 0 saturated carbocycles. The minimum atomic E-state index is -0.0510. The fourth-order valence-electron chi connectivity index (χ4n) is 4.35. The Morgan fingerprint density at radius 3 is 2.63 bits per heavy atom. The van der Waals surface area contributed by atoms with Crippen molar-refractivity contribution >= 4 is 16.8 Å². The lowest BCUT2D eigenvalue weighted by atomic mass is 10.0. The van der Waals surface area contributed by atoms with E-state index in [0.717, 1.165) is 62.3 Å². The van der Waals surface area contributed by atoms with Crippen LogP contribution in [0.4, 0.5) is 0 Å². The Morgan fingerprint density at radius 2 is 1.80 bits per heavy atom. The maximum Gasteiger partial charge on any atom is 0.217 e. The zero-order chi connectivity index (χ0) is 24.4. The third-order valence-electron chi connectivity index (χ3n) is 6.26. The number of hydrogen-bond acceptors (Lipinski definition) is 4. The number of hydrogen-bond donors (Lipinski definition) is 1. The molecule has 0 aliphatic rings. The number of rotatable bonds is 6. The molecular weight excluding hydrogens is 434 g/mol. The molecule has 0 fully saturated rings. The molecule has 174 valence electrons. The predicted octanol–water partition coefficient (Wildman–Crippen LogP) is 5.66. The van der Waals surface area contributed by atoms with E-state index >= 15 is 0 Å². The van der Waals surface area contributed by atoms with Crippen molar-refractivity contribution in [1.82, 2.24) is 25.1 Å². The Kier molecular flexibility index (Phi) is 6.10. The third-order valence-corrected chi connectivity index (χ3v) is 6.26. The van der Waals surface area contributed by atoms with Crippen LogP contribution in [0.1, 0.15) is 30.7 Å². The van der Waals surface area contributed by atoms with E-state index in [1.807, 2.05) is 71.5 Å². The first kappa shape index (κ1) is 22.5. The number of amides is 1. The van der Waals surface area contributed by atoms with Crippen LogP contribution in [-0.4, -0.2) is 25.7 Å². The molecule has 5 rings (SSSR count). The lowest BCUT2D eigenvalue weighted by molar-refractivity contribution is -0.119. The summed E-state index contributed by atoms with van der Waals surface area (Å²) in [6, 6.07) is 22.3. The van der Waals surface area contributed by atoms with E-state index in [9.17, 15) is 4.79 Å². The molecule has 3 heterocycles. The van der Waals surface area contributed by atoms with Crippen molar-refractivity contribution in [2.75, 3.05) is 0 Å². The average Bonchev–Trinajstić information content (AvgIpc) is 3.32. The molecule has 1 amide bonds. The van der Waals surface area contributed by atoms with Gasteiger partial charge in [-0.1, -0.05) is 43.3 Å². The molecule has 2 aromatic carbocycles. The zero-order valence-electron chi connectivity index (χ0n) is 20.1. The van der Waals surface area contributed by atoms with Crippen LogP contribution in [0.5, 0.6) is 0 Å². The van der Waals surface area contributed by atoms with Crippen LogP contribution >= 0.6 is 0 Å². The van der Waals surface area contributed by atoms with Gasteiger partial charge in [-0.3, -0.25) is 14.8 Å². The van der Waals surface area contributed by atoms with Gasteiger partial charge in [-0.05, 0) is 60.4 Å². The molecule has 35 heavy (non-hydrogen) atoms. The summed E-state index contributed by atoms with van der Waals surface area (Å²) >= 11 is 0. The van der Waals surface area contributed by atoms with Crippen molar-refractivity contribution in [2.24, 2.45) is 0 Å². The van der Waals surface area contributed by atoms with E-state index < -0.39 is 0 Å². The third kappa shape index (κ3) is 4.43. The monoisotopic (exact) mass is 461 g/mol. The highest BCUT2D eigenvalue weighted by atomic mass is 16.1.